The van der Waals surface area contributed by atoms with E-state index in [2.05, 4.69) is 6.92 Å². The van der Waals surface area contributed by atoms with Gasteiger partial charge in [0.25, 0.3) is 0 Å². The average molecular weight is 342 g/mol. The third kappa shape index (κ3) is 3.48. The Morgan fingerprint density at radius 3 is 2.38 bits per heavy atom. The highest BCUT2D eigenvalue weighted by Crippen LogP contribution is 2.35. The molecule has 0 amide bonds. The van der Waals surface area contributed by atoms with Crippen LogP contribution in [0.4, 0.5) is 0 Å². The second-order valence-electron chi connectivity index (χ2n) is 6.13. The minimum Gasteiger partial charge on any atom is -0.386 e. The summed E-state index contributed by atoms with van der Waals surface area (Å²) in [5, 5.41) is 1.72. The van der Waals surface area contributed by atoms with Gasteiger partial charge in [-0.15, -0.1) is 11.8 Å². The molecular weight excluding hydrogens is 320 g/mol. The predicted molar refractivity (Wildman–Crippen MR) is 97.8 cm³/mol. The van der Waals surface area contributed by atoms with E-state index in [0.717, 1.165) is 21.4 Å². The number of cyclic esters (lactones) is 2. The Morgan fingerprint density at radius 2 is 1.58 bits per heavy atom. The zero-order chi connectivity index (χ0) is 16.9. The number of carbonyl (C=O) groups is 2. The standard InChI is InChI=1S/C20H22O3S/c1-2-3-4-5-6-7-13-24-17-12-11-16-18-14(17)9-8-10-15(18)19(21)23-20(16)22/h8-12H,2-7,13H2,1H3. The summed E-state index contributed by atoms with van der Waals surface area (Å²) in [6.45, 7) is 2.23. The molecular formula is C20H22O3S. The highest BCUT2D eigenvalue weighted by Gasteiger charge is 2.27. The van der Waals surface area contributed by atoms with Crippen molar-refractivity contribution >= 4 is 34.5 Å². The number of rotatable bonds is 8. The lowest BCUT2D eigenvalue weighted by molar-refractivity contribution is 0.0391. The summed E-state index contributed by atoms with van der Waals surface area (Å²) in [4.78, 5) is 25.0. The van der Waals surface area contributed by atoms with E-state index in [-0.39, 0.29) is 0 Å². The molecule has 2 aromatic rings. The first kappa shape index (κ1) is 17.0. The number of hydrogen-bond acceptors (Lipinski definition) is 4. The fraction of sp³-hybridized carbons (Fsp3) is 0.400. The van der Waals surface area contributed by atoms with Crippen LogP contribution in [-0.2, 0) is 4.74 Å². The van der Waals surface area contributed by atoms with Gasteiger partial charge < -0.3 is 4.74 Å². The van der Waals surface area contributed by atoms with Gasteiger partial charge >= 0.3 is 11.9 Å². The van der Waals surface area contributed by atoms with E-state index in [1.165, 1.54) is 38.5 Å². The summed E-state index contributed by atoms with van der Waals surface area (Å²) in [6, 6.07) is 9.32. The quantitative estimate of drug-likeness (QED) is 0.271. The van der Waals surface area contributed by atoms with Crippen LogP contribution < -0.4 is 0 Å². The number of unbranched alkanes of at least 4 members (excludes halogenated alkanes) is 5. The first-order valence-corrected chi connectivity index (χ1v) is 9.66. The summed E-state index contributed by atoms with van der Waals surface area (Å²) in [5.41, 5.74) is 0.980. The van der Waals surface area contributed by atoms with Crippen molar-refractivity contribution in [3.05, 3.63) is 41.5 Å². The molecule has 1 aliphatic rings. The maximum atomic E-state index is 11.9. The number of carbonyl (C=O) groups excluding carboxylic acids is 2. The van der Waals surface area contributed by atoms with Crippen molar-refractivity contribution in [2.45, 2.75) is 50.3 Å². The van der Waals surface area contributed by atoms with Crippen LogP contribution in [0.3, 0.4) is 0 Å². The van der Waals surface area contributed by atoms with E-state index in [9.17, 15) is 9.59 Å². The molecule has 0 bridgehead atoms. The molecule has 0 atom stereocenters. The molecule has 0 aliphatic carbocycles. The Balaban J connectivity index is 1.73. The van der Waals surface area contributed by atoms with Crippen LogP contribution in [0.15, 0.2) is 35.2 Å². The van der Waals surface area contributed by atoms with Crippen LogP contribution >= 0.6 is 11.8 Å². The fourth-order valence-electron chi connectivity index (χ4n) is 3.10. The van der Waals surface area contributed by atoms with Gasteiger partial charge in [-0.2, -0.15) is 0 Å². The monoisotopic (exact) mass is 342 g/mol. The molecule has 0 radical (unpaired) electrons. The zero-order valence-corrected chi connectivity index (χ0v) is 14.8. The molecule has 126 valence electrons. The van der Waals surface area contributed by atoms with Gasteiger partial charge in [0, 0.05) is 10.3 Å². The maximum Gasteiger partial charge on any atom is 0.346 e. The molecule has 24 heavy (non-hydrogen) atoms. The Bertz CT molecular complexity index is 747. The van der Waals surface area contributed by atoms with Gasteiger partial charge in [-0.05, 0) is 35.8 Å². The van der Waals surface area contributed by atoms with E-state index in [1.807, 2.05) is 18.2 Å². The van der Waals surface area contributed by atoms with Gasteiger partial charge in [0.05, 0.1) is 11.1 Å². The van der Waals surface area contributed by atoms with E-state index >= 15 is 0 Å². The summed E-state index contributed by atoms with van der Waals surface area (Å²) >= 11 is 1.80. The van der Waals surface area contributed by atoms with Gasteiger partial charge in [0.1, 0.15) is 0 Å². The first-order chi connectivity index (χ1) is 11.7. The fourth-order valence-corrected chi connectivity index (χ4v) is 4.16. The normalized spacial score (nSPS) is 13.4. The summed E-state index contributed by atoms with van der Waals surface area (Å²) in [6.07, 6.45) is 7.69. The Labute approximate surface area is 146 Å². The zero-order valence-electron chi connectivity index (χ0n) is 14.0. The maximum absolute atomic E-state index is 11.9. The van der Waals surface area contributed by atoms with Crippen molar-refractivity contribution in [3.63, 3.8) is 0 Å². The SMILES string of the molecule is CCCCCCCCSc1ccc2c3c(cccc13)C(=O)OC2=O. The molecule has 3 nitrogen and oxygen atoms in total. The van der Waals surface area contributed by atoms with Crippen LogP contribution in [0.5, 0.6) is 0 Å². The molecule has 0 saturated carbocycles. The van der Waals surface area contributed by atoms with E-state index in [4.69, 9.17) is 4.74 Å². The molecule has 0 spiro atoms. The van der Waals surface area contributed by atoms with E-state index in [1.54, 1.807) is 23.9 Å². The van der Waals surface area contributed by atoms with Gasteiger partial charge in [0.2, 0.25) is 0 Å². The van der Waals surface area contributed by atoms with Crippen LogP contribution in [0, 0.1) is 0 Å². The lowest BCUT2D eigenvalue weighted by Crippen LogP contribution is -2.19. The Hall–Kier alpha value is -1.81. The van der Waals surface area contributed by atoms with Gasteiger partial charge in [-0.25, -0.2) is 9.59 Å². The minimum absolute atomic E-state index is 0.490. The van der Waals surface area contributed by atoms with Crippen molar-refractivity contribution in [2.75, 3.05) is 5.75 Å². The number of benzene rings is 2. The summed E-state index contributed by atoms with van der Waals surface area (Å²) < 4.78 is 4.80. The van der Waals surface area contributed by atoms with Crippen molar-refractivity contribution in [3.8, 4) is 0 Å². The lowest BCUT2D eigenvalue weighted by atomic mass is 9.97. The van der Waals surface area contributed by atoms with Gasteiger partial charge in [-0.1, -0.05) is 51.2 Å². The molecule has 0 N–H and O–H groups in total. The molecule has 2 aromatic carbocycles. The lowest BCUT2D eigenvalue weighted by Gasteiger charge is -2.17. The molecule has 3 rings (SSSR count). The third-order valence-electron chi connectivity index (χ3n) is 4.38. The minimum atomic E-state index is -0.545. The molecule has 0 unspecified atom stereocenters. The molecule has 4 heteroatoms. The molecule has 0 aromatic heterocycles. The summed E-state index contributed by atoms with van der Waals surface area (Å²) in [7, 11) is 0. The van der Waals surface area contributed by atoms with Crippen LogP contribution in [-0.4, -0.2) is 17.7 Å². The molecule has 1 heterocycles. The largest absolute Gasteiger partial charge is 0.386 e. The molecule has 0 fully saturated rings. The smallest absolute Gasteiger partial charge is 0.346 e. The van der Waals surface area contributed by atoms with Crippen molar-refractivity contribution in [1.29, 1.82) is 0 Å². The predicted octanol–water partition coefficient (Wildman–Crippen LogP) is 5.60. The number of hydrogen-bond donors (Lipinski definition) is 0. The van der Waals surface area contributed by atoms with E-state index < -0.39 is 11.9 Å². The number of ether oxygens (including phenoxy) is 1. The third-order valence-corrected chi connectivity index (χ3v) is 5.54. The average Bonchev–Trinajstić information content (AvgIpc) is 2.59. The van der Waals surface area contributed by atoms with Crippen LogP contribution in [0.25, 0.3) is 10.8 Å². The topological polar surface area (TPSA) is 43.4 Å². The number of thioether (sulfide) groups is 1. The number of esters is 2. The van der Waals surface area contributed by atoms with Crippen molar-refractivity contribution in [1.82, 2.24) is 0 Å². The molecule has 1 aliphatic heterocycles. The highest BCUT2D eigenvalue weighted by molar-refractivity contribution is 7.99. The van der Waals surface area contributed by atoms with Crippen molar-refractivity contribution < 1.29 is 14.3 Å². The second kappa shape index (κ2) is 7.84. The van der Waals surface area contributed by atoms with E-state index in [0.29, 0.717) is 11.1 Å². The van der Waals surface area contributed by atoms with Crippen LogP contribution in [0.1, 0.15) is 66.2 Å². The Kier molecular flexibility index (Phi) is 5.56. The molecule has 0 saturated heterocycles. The Morgan fingerprint density at radius 1 is 0.875 bits per heavy atom. The van der Waals surface area contributed by atoms with Crippen LogP contribution in [0.2, 0.25) is 0 Å². The van der Waals surface area contributed by atoms with Gasteiger partial charge in [-0.3, -0.25) is 0 Å². The summed E-state index contributed by atoms with van der Waals surface area (Å²) in [5.74, 6) is -0.0317. The highest BCUT2D eigenvalue weighted by atomic mass is 32.2. The van der Waals surface area contributed by atoms with Gasteiger partial charge in [0.15, 0.2) is 0 Å². The van der Waals surface area contributed by atoms with Crippen molar-refractivity contribution in [2.24, 2.45) is 0 Å². The first-order valence-electron chi connectivity index (χ1n) is 8.67. The second-order valence-corrected chi connectivity index (χ2v) is 7.27.